The average molecular weight is 477 g/mol. The van der Waals surface area contributed by atoms with Crippen LogP contribution in [0.2, 0.25) is 0 Å². The highest BCUT2D eigenvalue weighted by molar-refractivity contribution is 9.10. The normalized spacial score (nSPS) is 11.6. The van der Waals surface area contributed by atoms with Gasteiger partial charge in [-0.2, -0.15) is 0 Å². The van der Waals surface area contributed by atoms with Crippen molar-refractivity contribution in [3.63, 3.8) is 0 Å². The molecule has 3 aromatic rings. The van der Waals surface area contributed by atoms with E-state index in [1.807, 2.05) is 0 Å². The van der Waals surface area contributed by atoms with E-state index in [0.29, 0.717) is 21.5 Å². The van der Waals surface area contributed by atoms with Crippen LogP contribution < -0.4 is 15.0 Å². The largest absolute Gasteiger partial charge is 0.497 e. The second-order valence-electron chi connectivity index (χ2n) is 6.50. The summed E-state index contributed by atoms with van der Waals surface area (Å²) in [5, 5.41) is 2.96. The van der Waals surface area contributed by atoms with Crippen molar-refractivity contribution in [2.24, 2.45) is 0 Å². The van der Waals surface area contributed by atoms with Crippen LogP contribution in [0.25, 0.3) is 0 Å². The zero-order valence-electron chi connectivity index (χ0n) is 16.3. The van der Waals surface area contributed by atoms with E-state index in [4.69, 9.17) is 4.74 Å². The molecule has 1 N–H and O–H groups in total. The molecule has 30 heavy (non-hydrogen) atoms. The topological polar surface area (TPSA) is 67.3 Å². The molecule has 9 heteroatoms. The third-order valence-electron chi connectivity index (χ3n) is 4.37. The van der Waals surface area contributed by atoms with E-state index in [1.54, 1.807) is 38.4 Å². The molecule has 0 saturated carbocycles. The van der Waals surface area contributed by atoms with Crippen molar-refractivity contribution in [1.82, 2.24) is 9.97 Å². The lowest BCUT2D eigenvalue weighted by atomic mass is 10.0. The molecule has 2 aromatic carbocycles. The van der Waals surface area contributed by atoms with Gasteiger partial charge in [-0.1, -0.05) is 0 Å². The molecule has 0 bridgehead atoms. The molecule has 0 radical (unpaired) electrons. The summed E-state index contributed by atoms with van der Waals surface area (Å²) in [6.45, 7) is 0. The molecule has 1 atom stereocenters. The van der Waals surface area contributed by atoms with Gasteiger partial charge in [-0.15, -0.1) is 0 Å². The van der Waals surface area contributed by atoms with E-state index < -0.39 is 17.7 Å². The maximum Gasteiger partial charge on any atom is 0.249 e. The fraction of sp³-hybridized carbons (Fsp3) is 0.190. The molecule has 0 unspecified atom stereocenters. The third kappa shape index (κ3) is 5.50. The number of nitrogens with zero attached hydrogens (tertiary/aromatic N) is 3. The highest BCUT2D eigenvalue weighted by Crippen LogP contribution is 2.21. The summed E-state index contributed by atoms with van der Waals surface area (Å²) in [4.78, 5) is 22.9. The van der Waals surface area contributed by atoms with Gasteiger partial charge in [-0.25, -0.2) is 18.7 Å². The molecule has 0 aliphatic rings. The number of nitrogens with one attached hydrogen (secondary N) is 1. The Hall–Kier alpha value is -3.07. The van der Waals surface area contributed by atoms with Crippen LogP contribution >= 0.6 is 15.9 Å². The Morgan fingerprint density at radius 3 is 2.30 bits per heavy atom. The Morgan fingerprint density at radius 1 is 1.13 bits per heavy atom. The van der Waals surface area contributed by atoms with Gasteiger partial charge in [0, 0.05) is 37.6 Å². The maximum absolute atomic E-state index is 13.6. The molecular weight excluding hydrogens is 458 g/mol. The number of likely N-dealkylation sites (N-methyl/N-ethyl adjacent to an activating group) is 1. The Bertz CT molecular complexity index is 996. The first-order valence-electron chi connectivity index (χ1n) is 8.96. The number of hydrogen-bond acceptors (Lipinski definition) is 5. The molecular formula is C21H19BrF2N4O2. The van der Waals surface area contributed by atoms with Crippen LogP contribution in [-0.4, -0.2) is 36.1 Å². The van der Waals surface area contributed by atoms with Gasteiger partial charge in [0.2, 0.25) is 11.9 Å². The summed E-state index contributed by atoms with van der Waals surface area (Å²) in [6.07, 6.45) is 3.10. The van der Waals surface area contributed by atoms with Crippen LogP contribution in [0.15, 0.2) is 59.3 Å². The smallest absolute Gasteiger partial charge is 0.249 e. The van der Waals surface area contributed by atoms with E-state index in [2.05, 4.69) is 31.2 Å². The summed E-state index contributed by atoms with van der Waals surface area (Å²) >= 11 is 3.25. The van der Waals surface area contributed by atoms with Crippen LogP contribution in [0.1, 0.15) is 5.56 Å². The molecule has 0 spiro atoms. The van der Waals surface area contributed by atoms with Crippen molar-refractivity contribution in [1.29, 1.82) is 0 Å². The van der Waals surface area contributed by atoms with Crippen LogP contribution in [0.3, 0.4) is 0 Å². The Kier molecular flexibility index (Phi) is 6.94. The summed E-state index contributed by atoms with van der Waals surface area (Å²) in [7, 11) is 3.17. The van der Waals surface area contributed by atoms with Gasteiger partial charge < -0.3 is 15.0 Å². The molecule has 0 aliphatic carbocycles. The van der Waals surface area contributed by atoms with Crippen LogP contribution in [0, 0.1) is 11.6 Å². The number of hydrogen-bond donors (Lipinski definition) is 1. The van der Waals surface area contributed by atoms with Gasteiger partial charge in [0.05, 0.1) is 11.6 Å². The van der Waals surface area contributed by atoms with Gasteiger partial charge in [0.15, 0.2) is 0 Å². The van der Waals surface area contributed by atoms with Crippen LogP contribution in [0.4, 0.5) is 20.4 Å². The van der Waals surface area contributed by atoms with E-state index in [-0.39, 0.29) is 18.3 Å². The summed E-state index contributed by atoms with van der Waals surface area (Å²) in [5.41, 5.74) is 0.966. The zero-order chi connectivity index (χ0) is 21.7. The zero-order valence-corrected chi connectivity index (χ0v) is 17.9. The average Bonchev–Trinajstić information content (AvgIpc) is 2.73. The predicted molar refractivity (Wildman–Crippen MR) is 114 cm³/mol. The molecule has 1 heterocycles. The van der Waals surface area contributed by atoms with E-state index in [9.17, 15) is 13.6 Å². The lowest BCUT2D eigenvalue weighted by Crippen LogP contribution is -2.42. The molecule has 1 amide bonds. The number of aromatic nitrogens is 2. The number of rotatable bonds is 7. The fourth-order valence-corrected chi connectivity index (χ4v) is 3.08. The second-order valence-corrected chi connectivity index (χ2v) is 7.41. The predicted octanol–water partition coefficient (Wildman–Crippen LogP) is 4.21. The Labute approximate surface area is 181 Å². The Balaban J connectivity index is 1.87. The molecule has 156 valence electrons. The van der Waals surface area contributed by atoms with Crippen molar-refractivity contribution in [2.75, 3.05) is 24.4 Å². The fourth-order valence-electron chi connectivity index (χ4n) is 2.87. The van der Waals surface area contributed by atoms with Crippen molar-refractivity contribution < 1.29 is 18.3 Å². The maximum atomic E-state index is 13.6. The quantitative estimate of drug-likeness (QED) is 0.553. The summed E-state index contributed by atoms with van der Waals surface area (Å²) < 4.78 is 33.1. The number of amides is 1. The van der Waals surface area contributed by atoms with Crippen LogP contribution in [0.5, 0.6) is 5.75 Å². The highest BCUT2D eigenvalue weighted by Gasteiger charge is 2.25. The molecule has 0 aliphatic heterocycles. The van der Waals surface area contributed by atoms with Gasteiger partial charge in [0.25, 0.3) is 0 Å². The summed E-state index contributed by atoms with van der Waals surface area (Å²) in [6, 6.07) is 9.27. The van der Waals surface area contributed by atoms with Gasteiger partial charge >= 0.3 is 0 Å². The van der Waals surface area contributed by atoms with Crippen LogP contribution in [-0.2, 0) is 11.2 Å². The molecule has 3 rings (SSSR count). The monoisotopic (exact) mass is 476 g/mol. The summed E-state index contributed by atoms with van der Waals surface area (Å²) in [5.74, 6) is -0.861. The van der Waals surface area contributed by atoms with Gasteiger partial charge in [-0.05, 0) is 57.9 Å². The first-order valence-corrected chi connectivity index (χ1v) is 9.75. The van der Waals surface area contributed by atoms with Crippen molar-refractivity contribution in [3.8, 4) is 5.75 Å². The third-order valence-corrected chi connectivity index (χ3v) is 4.78. The lowest BCUT2D eigenvalue weighted by Gasteiger charge is -2.25. The lowest BCUT2D eigenvalue weighted by molar-refractivity contribution is -0.119. The number of methoxy groups -OCH3 is 1. The SMILES string of the molecule is COc1ccc(N(C)C(=O)[C@H](Cc2cc(F)cc(F)c2)Nc2ncc(Br)cn2)cc1. The number of benzene rings is 2. The van der Waals surface area contributed by atoms with Crippen molar-refractivity contribution >= 4 is 33.5 Å². The number of halogens is 3. The van der Waals surface area contributed by atoms with Crippen molar-refractivity contribution in [2.45, 2.75) is 12.5 Å². The minimum absolute atomic E-state index is 0.0352. The molecule has 1 aromatic heterocycles. The van der Waals surface area contributed by atoms with E-state index >= 15 is 0 Å². The highest BCUT2D eigenvalue weighted by atomic mass is 79.9. The minimum Gasteiger partial charge on any atom is -0.497 e. The minimum atomic E-state index is -0.862. The number of ether oxygens (including phenoxy) is 1. The molecule has 0 fully saturated rings. The van der Waals surface area contributed by atoms with E-state index in [0.717, 1.165) is 6.07 Å². The first kappa shape index (κ1) is 21.6. The number of anilines is 2. The van der Waals surface area contributed by atoms with Gasteiger partial charge in [0.1, 0.15) is 23.4 Å². The second kappa shape index (κ2) is 9.62. The van der Waals surface area contributed by atoms with E-state index in [1.165, 1.54) is 29.4 Å². The van der Waals surface area contributed by atoms with Gasteiger partial charge in [-0.3, -0.25) is 4.79 Å². The standard InChI is InChI=1S/C21H19BrF2N4O2/c1-28(17-3-5-18(30-2)6-4-17)20(29)19(27-21-25-11-14(22)12-26-21)9-13-7-15(23)10-16(24)8-13/h3-8,10-12,19H,9H2,1-2H3,(H,25,26,27)/t19-/m0/s1. The number of carbonyl (C=O) groups is 1. The molecule has 0 saturated heterocycles. The molecule has 6 nitrogen and oxygen atoms in total. The Morgan fingerprint density at radius 2 is 1.73 bits per heavy atom. The van der Waals surface area contributed by atoms with Crippen molar-refractivity contribution in [3.05, 3.63) is 76.5 Å². The number of carbonyl (C=O) groups excluding carboxylic acids is 1. The first-order chi connectivity index (χ1) is 14.4.